The third-order valence-corrected chi connectivity index (χ3v) is 9.42. The Hall–Kier alpha value is -4.60. The van der Waals surface area contributed by atoms with E-state index in [1.165, 1.54) is 21.5 Å². The van der Waals surface area contributed by atoms with Gasteiger partial charge < -0.3 is 40.1 Å². The Kier molecular flexibility index (Phi) is 12.3. The second kappa shape index (κ2) is 16.6. The third kappa shape index (κ3) is 9.01. The molecular weight excluding hydrogens is 662 g/mol. The maximum atomic E-state index is 13.2. The van der Waals surface area contributed by atoms with Gasteiger partial charge in [-0.3, -0.25) is 19.0 Å². The van der Waals surface area contributed by atoms with Gasteiger partial charge in [-0.05, 0) is 43.2 Å². The highest BCUT2D eigenvalue weighted by molar-refractivity contribution is 5.93. The molecule has 2 amide bonds. The van der Waals surface area contributed by atoms with E-state index in [0.717, 1.165) is 24.8 Å². The van der Waals surface area contributed by atoms with Gasteiger partial charge in [0.25, 0.3) is 0 Å². The molecule has 15 heteroatoms. The van der Waals surface area contributed by atoms with Crippen molar-refractivity contribution in [1.29, 1.82) is 0 Å². The fourth-order valence-electron chi connectivity index (χ4n) is 6.52. The third-order valence-electron chi connectivity index (χ3n) is 9.42. The molecule has 0 radical (unpaired) electrons. The molecular formula is C36H47N5O10. The van der Waals surface area contributed by atoms with Gasteiger partial charge in [-0.25, -0.2) is 9.59 Å². The summed E-state index contributed by atoms with van der Waals surface area (Å²) in [6, 6.07) is 6.59. The fourth-order valence-corrected chi connectivity index (χ4v) is 6.52. The van der Waals surface area contributed by atoms with Crippen LogP contribution in [0.15, 0.2) is 45.7 Å². The van der Waals surface area contributed by atoms with Crippen LogP contribution in [-0.4, -0.2) is 91.9 Å². The number of hydrogen-bond acceptors (Lipinski definition) is 11. The lowest BCUT2D eigenvalue weighted by molar-refractivity contribution is -0.155. The van der Waals surface area contributed by atoms with E-state index in [1.54, 1.807) is 26.1 Å². The number of aliphatic hydroxyl groups excluding tert-OH is 1. The van der Waals surface area contributed by atoms with Gasteiger partial charge in [0.15, 0.2) is 0 Å². The Morgan fingerprint density at radius 3 is 2.59 bits per heavy atom. The summed E-state index contributed by atoms with van der Waals surface area (Å²) >= 11 is 0. The van der Waals surface area contributed by atoms with Crippen LogP contribution < -0.4 is 16.7 Å². The van der Waals surface area contributed by atoms with Crippen LogP contribution >= 0.6 is 0 Å². The number of fused-ring (bicyclic) bond motifs is 1. The number of amides is 2. The van der Waals surface area contributed by atoms with Crippen molar-refractivity contribution >= 4 is 34.9 Å². The number of rotatable bonds is 15. The number of likely N-dealkylation sites (tertiary alicyclic amines) is 1. The average Bonchev–Trinajstić information content (AvgIpc) is 3.83. The van der Waals surface area contributed by atoms with Crippen LogP contribution in [0.2, 0.25) is 0 Å². The zero-order chi connectivity index (χ0) is 36.8. The zero-order valence-electron chi connectivity index (χ0n) is 29.2. The summed E-state index contributed by atoms with van der Waals surface area (Å²) in [6.45, 7) is 5.49. The summed E-state index contributed by atoms with van der Waals surface area (Å²) in [6.07, 6.45) is 3.45. The molecule has 0 unspecified atom stereocenters. The Balaban J connectivity index is 1.19. The number of ether oxygens (including phenoxy) is 2. The van der Waals surface area contributed by atoms with Gasteiger partial charge in [-0.1, -0.05) is 57.9 Å². The van der Waals surface area contributed by atoms with Gasteiger partial charge in [0.1, 0.15) is 36.8 Å². The number of aliphatic hydroxyl groups is 1. The van der Waals surface area contributed by atoms with Gasteiger partial charge in [0, 0.05) is 24.7 Å². The number of carbonyl (C=O) groups excluding carboxylic acids is 3. The molecule has 5 N–H and O–H groups in total. The van der Waals surface area contributed by atoms with Crippen molar-refractivity contribution in [3.8, 4) is 11.3 Å². The van der Waals surface area contributed by atoms with E-state index in [4.69, 9.17) is 24.7 Å². The van der Waals surface area contributed by atoms with E-state index in [-0.39, 0.29) is 25.3 Å². The first-order valence-corrected chi connectivity index (χ1v) is 17.6. The maximum Gasteiger partial charge on any atom is 0.353 e. The van der Waals surface area contributed by atoms with Crippen LogP contribution in [0.25, 0.3) is 22.4 Å². The molecule has 3 aromatic rings. The number of aliphatic carboxylic acids is 1. The Morgan fingerprint density at radius 1 is 1.16 bits per heavy atom. The summed E-state index contributed by atoms with van der Waals surface area (Å²) < 4.78 is 18.6. The van der Waals surface area contributed by atoms with E-state index in [0.29, 0.717) is 24.0 Å². The molecule has 4 heterocycles. The van der Waals surface area contributed by atoms with Crippen molar-refractivity contribution in [3.63, 3.8) is 0 Å². The first-order chi connectivity index (χ1) is 24.4. The first-order valence-electron chi connectivity index (χ1n) is 17.6. The molecule has 0 aliphatic carbocycles. The largest absolute Gasteiger partial charge is 0.481 e. The van der Waals surface area contributed by atoms with Gasteiger partial charge in [-0.15, -0.1) is 0 Å². The summed E-state index contributed by atoms with van der Waals surface area (Å²) in [7, 11) is 0. The number of carbonyl (C=O) groups is 4. The number of carboxylic acids is 1. The first kappa shape index (κ1) is 37.7. The topological polar surface area (TPSA) is 217 Å². The average molecular weight is 710 g/mol. The number of unbranched alkanes of at least 4 members (excludes halogenated alkanes) is 2. The monoisotopic (exact) mass is 709 g/mol. The molecule has 2 fully saturated rings. The predicted octanol–water partition coefficient (Wildman–Crippen LogP) is 2.51. The molecule has 2 aliphatic rings. The molecule has 0 saturated carbocycles. The van der Waals surface area contributed by atoms with Gasteiger partial charge in [0.05, 0.1) is 24.0 Å². The number of nitrogens with zero attached hydrogens (tertiary/aromatic N) is 3. The lowest BCUT2D eigenvalue weighted by atomic mass is 10.0. The number of nitrogens with one attached hydrogen (secondary N) is 1. The van der Waals surface area contributed by atoms with Crippen LogP contribution in [0.1, 0.15) is 77.5 Å². The molecule has 15 nitrogen and oxygen atoms in total. The van der Waals surface area contributed by atoms with Gasteiger partial charge in [-0.2, -0.15) is 4.98 Å². The molecule has 1 aromatic carbocycles. The van der Waals surface area contributed by atoms with Gasteiger partial charge in [0.2, 0.25) is 17.5 Å². The number of furan rings is 1. The van der Waals surface area contributed by atoms with Crippen molar-refractivity contribution in [2.45, 2.75) is 109 Å². The summed E-state index contributed by atoms with van der Waals surface area (Å²) in [5.74, 6) is -3.06. The number of benzene rings is 1. The Labute approximate surface area is 295 Å². The van der Waals surface area contributed by atoms with E-state index in [2.05, 4.69) is 29.4 Å². The van der Waals surface area contributed by atoms with E-state index >= 15 is 0 Å². The summed E-state index contributed by atoms with van der Waals surface area (Å²) in [5, 5.41) is 23.0. The predicted molar refractivity (Wildman–Crippen MR) is 184 cm³/mol. The Morgan fingerprint density at radius 2 is 1.90 bits per heavy atom. The minimum absolute atomic E-state index is 0.0411. The molecule has 0 bridgehead atoms. The van der Waals surface area contributed by atoms with Crippen molar-refractivity contribution in [2.24, 2.45) is 11.7 Å². The molecule has 51 heavy (non-hydrogen) atoms. The SMILES string of the molecule is CCCCCc1ccc(-c2cc3cn([C@H]4C[C@H](O)[C@@H](COC(=O)[C@@H](NC(=O)[C@@H]5CCCN5C(=O)[C@@H](N)CC(=O)O)C(C)C)O4)c(=O)nc3o2)cc1. The lowest BCUT2D eigenvalue weighted by Crippen LogP contribution is -2.55. The van der Waals surface area contributed by atoms with Crippen LogP contribution in [-0.2, 0) is 35.1 Å². The van der Waals surface area contributed by atoms with Crippen molar-refractivity contribution in [2.75, 3.05) is 13.2 Å². The summed E-state index contributed by atoms with van der Waals surface area (Å²) in [5.41, 5.74) is 7.40. The molecule has 0 spiro atoms. The molecule has 5 rings (SSSR count). The summed E-state index contributed by atoms with van der Waals surface area (Å²) in [4.78, 5) is 68.5. The quantitative estimate of drug-likeness (QED) is 0.132. The van der Waals surface area contributed by atoms with Crippen molar-refractivity contribution < 1.29 is 43.3 Å². The van der Waals surface area contributed by atoms with Crippen LogP contribution in [0.5, 0.6) is 0 Å². The molecule has 2 aliphatic heterocycles. The minimum Gasteiger partial charge on any atom is -0.481 e. The highest BCUT2D eigenvalue weighted by Crippen LogP contribution is 2.31. The Bertz CT molecular complexity index is 1770. The van der Waals surface area contributed by atoms with Crippen LogP contribution in [0, 0.1) is 5.92 Å². The highest BCUT2D eigenvalue weighted by Gasteiger charge is 2.40. The second-order valence-corrected chi connectivity index (χ2v) is 13.6. The van der Waals surface area contributed by atoms with E-state index in [1.807, 2.05) is 12.1 Å². The fraction of sp³-hybridized carbons (Fsp3) is 0.556. The molecule has 6 atom stereocenters. The van der Waals surface area contributed by atoms with Crippen LogP contribution in [0.4, 0.5) is 0 Å². The smallest absolute Gasteiger partial charge is 0.353 e. The van der Waals surface area contributed by atoms with E-state index in [9.17, 15) is 29.1 Å². The van der Waals surface area contributed by atoms with Gasteiger partial charge >= 0.3 is 17.6 Å². The van der Waals surface area contributed by atoms with Crippen molar-refractivity contribution in [1.82, 2.24) is 19.8 Å². The maximum absolute atomic E-state index is 13.2. The lowest BCUT2D eigenvalue weighted by Gasteiger charge is -2.29. The number of hydrogen-bond donors (Lipinski definition) is 4. The van der Waals surface area contributed by atoms with Crippen molar-refractivity contribution in [3.05, 3.63) is 52.6 Å². The van der Waals surface area contributed by atoms with E-state index < -0.39 is 78.3 Å². The standard InChI is InChI=1S/C36H47N5O10/c1-4-5-6-8-21-10-12-22(13-11-21)27-15-23-18-41(36(48)39-33(23)51-27)29-17-26(42)28(50-29)19-49-35(47)31(20(2)3)38-32(45)25-9-7-14-40(25)34(46)24(37)16-30(43)44/h10-13,15,18,20,24-26,28-29,31,42H,4-9,14,16-17,19,37H2,1-3H3,(H,38,45)(H,43,44)/t24-,25-,26-,28+,29+,31-/m0/s1. The highest BCUT2D eigenvalue weighted by atomic mass is 16.6. The molecule has 276 valence electrons. The second-order valence-electron chi connectivity index (χ2n) is 13.6. The number of esters is 1. The number of carboxylic acid groups (broad SMARTS) is 1. The molecule has 2 saturated heterocycles. The minimum atomic E-state index is -1.29. The van der Waals surface area contributed by atoms with Crippen LogP contribution in [0.3, 0.4) is 0 Å². The number of aromatic nitrogens is 2. The molecule has 2 aromatic heterocycles. The zero-order valence-corrected chi connectivity index (χ0v) is 29.2. The normalized spacial score (nSPS) is 21.6. The number of nitrogens with two attached hydrogens (primary N) is 1. The number of aryl methyl sites for hydroxylation is 1.